The van der Waals surface area contributed by atoms with Crippen molar-refractivity contribution in [1.29, 1.82) is 0 Å². The molecule has 1 aliphatic rings. The summed E-state index contributed by atoms with van der Waals surface area (Å²) < 4.78 is 0. The van der Waals surface area contributed by atoms with Crippen LogP contribution in [0, 0.1) is 17.0 Å². The fourth-order valence-corrected chi connectivity index (χ4v) is 3.37. The van der Waals surface area contributed by atoms with E-state index in [0.29, 0.717) is 6.04 Å². The molecule has 0 amide bonds. The van der Waals surface area contributed by atoms with Crippen LogP contribution in [0.25, 0.3) is 0 Å². The maximum Gasteiger partial charge on any atom is 0.271 e. The molecule has 4 nitrogen and oxygen atoms in total. The Kier molecular flexibility index (Phi) is 4.69. The fraction of sp³-hybridized carbons (Fsp3) is 0.571. The van der Waals surface area contributed by atoms with E-state index in [4.69, 9.17) is 0 Å². The van der Waals surface area contributed by atoms with Crippen molar-refractivity contribution in [2.24, 2.45) is 0 Å². The zero-order valence-corrected chi connectivity index (χ0v) is 12.2. The number of hydrogen-bond donors (Lipinski definition) is 1. The highest BCUT2D eigenvalue weighted by Gasteiger charge is 2.20. The number of nitrogens with one attached hydrogen (secondary N) is 1. The molecule has 1 aliphatic carbocycles. The number of rotatable bonds is 4. The van der Waals surface area contributed by atoms with Crippen LogP contribution >= 0.6 is 11.8 Å². The van der Waals surface area contributed by atoms with Crippen molar-refractivity contribution in [1.82, 2.24) is 0 Å². The molecule has 0 spiro atoms. The number of hydrogen-bond acceptors (Lipinski definition) is 4. The standard InChI is InChI=1S/C14H20N2O2S/c1-10-7-12(9-13(8-10)16(17)18)15-11-3-5-14(19-2)6-4-11/h7-9,11,14-15H,3-6H2,1-2H3. The van der Waals surface area contributed by atoms with Crippen LogP contribution in [-0.2, 0) is 0 Å². The minimum atomic E-state index is -0.331. The van der Waals surface area contributed by atoms with E-state index >= 15 is 0 Å². The Balaban J connectivity index is 2.01. The smallest absolute Gasteiger partial charge is 0.271 e. The molecule has 0 unspecified atom stereocenters. The van der Waals surface area contributed by atoms with Gasteiger partial charge in [0.05, 0.1) is 4.92 Å². The molecule has 2 rings (SSSR count). The molecule has 0 radical (unpaired) electrons. The average molecular weight is 280 g/mol. The van der Waals surface area contributed by atoms with E-state index in [-0.39, 0.29) is 10.6 Å². The third-order valence-corrected chi connectivity index (χ3v) is 4.79. The Labute approximate surface area is 118 Å². The topological polar surface area (TPSA) is 55.2 Å². The molecular formula is C14H20N2O2S. The van der Waals surface area contributed by atoms with Crippen LogP contribution < -0.4 is 5.32 Å². The summed E-state index contributed by atoms with van der Waals surface area (Å²) >= 11 is 1.95. The van der Waals surface area contributed by atoms with Gasteiger partial charge in [0.2, 0.25) is 0 Å². The van der Waals surface area contributed by atoms with Crippen LogP contribution in [0.15, 0.2) is 18.2 Å². The second kappa shape index (κ2) is 6.28. The number of non-ortho nitro benzene ring substituents is 1. The lowest BCUT2D eigenvalue weighted by Gasteiger charge is -2.28. The number of nitrogens with zero attached hydrogens (tertiary/aromatic N) is 1. The van der Waals surface area contributed by atoms with Crippen LogP contribution in [0.3, 0.4) is 0 Å². The normalized spacial score (nSPS) is 23.1. The van der Waals surface area contributed by atoms with Crippen LogP contribution in [0.4, 0.5) is 11.4 Å². The first-order valence-electron chi connectivity index (χ1n) is 6.64. The molecule has 1 saturated carbocycles. The van der Waals surface area contributed by atoms with Gasteiger partial charge in [0.25, 0.3) is 5.69 Å². The van der Waals surface area contributed by atoms with E-state index < -0.39 is 0 Å². The molecule has 1 fully saturated rings. The minimum Gasteiger partial charge on any atom is -0.382 e. The summed E-state index contributed by atoms with van der Waals surface area (Å²) in [7, 11) is 0. The number of anilines is 1. The molecule has 1 aromatic carbocycles. The average Bonchev–Trinajstić information content (AvgIpc) is 2.39. The van der Waals surface area contributed by atoms with Crippen molar-refractivity contribution in [3.8, 4) is 0 Å². The van der Waals surface area contributed by atoms with E-state index in [2.05, 4.69) is 11.6 Å². The Bertz CT molecular complexity index is 457. The monoisotopic (exact) mass is 280 g/mol. The van der Waals surface area contributed by atoms with Gasteiger partial charge in [0, 0.05) is 29.1 Å². The summed E-state index contributed by atoms with van der Waals surface area (Å²) in [6.07, 6.45) is 6.92. The lowest BCUT2D eigenvalue weighted by molar-refractivity contribution is -0.384. The van der Waals surface area contributed by atoms with E-state index in [1.54, 1.807) is 12.1 Å². The maximum absolute atomic E-state index is 10.9. The third kappa shape index (κ3) is 3.86. The number of nitro benzene ring substituents is 1. The zero-order valence-electron chi connectivity index (χ0n) is 11.4. The van der Waals surface area contributed by atoms with Crippen molar-refractivity contribution in [2.75, 3.05) is 11.6 Å². The van der Waals surface area contributed by atoms with Gasteiger partial charge >= 0.3 is 0 Å². The van der Waals surface area contributed by atoms with Crippen molar-refractivity contribution < 1.29 is 4.92 Å². The molecule has 1 N–H and O–H groups in total. The van der Waals surface area contributed by atoms with Crippen LogP contribution in [0.1, 0.15) is 31.2 Å². The van der Waals surface area contributed by atoms with Gasteiger partial charge in [-0.05, 0) is 50.5 Å². The van der Waals surface area contributed by atoms with Gasteiger partial charge in [-0.1, -0.05) is 0 Å². The predicted octanol–water partition coefficient (Wildman–Crippen LogP) is 3.99. The van der Waals surface area contributed by atoms with Gasteiger partial charge in [-0.2, -0.15) is 11.8 Å². The molecule has 104 valence electrons. The van der Waals surface area contributed by atoms with Gasteiger partial charge < -0.3 is 5.32 Å². The quantitative estimate of drug-likeness (QED) is 0.669. The summed E-state index contributed by atoms with van der Waals surface area (Å²) in [6.45, 7) is 1.89. The van der Waals surface area contributed by atoms with Crippen molar-refractivity contribution in [3.05, 3.63) is 33.9 Å². The summed E-state index contributed by atoms with van der Waals surface area (Å²) in [5.74, 6) is 0. The van der Waals surface area contributed by atoms with E-state index in [1.165, 1.54) is 12.8 Å². The fourth-order valence-electron chi connectivity index (χ4n) is 2.63. The van der Waals surface area contributed by atoms with Gasteiger partial charge in [-0.15, -0.1) is 0 Å². The highest BCUT2D eigenvalue weighted by molar-refractivity contribution is 7.99. The molecule has 0 aromatic heterocycles. The van der Waals surface area contributed by atoms with Gasteiger partial charge in [-0.3, -0.25) is 10.1 Å². The van der Waals surface area contributed by atoms with Crippen LogP contribution in [-0.4, -0.2) is 22.5 Å². The Hall–Kier alpha value is -1.23. The predicted molar refractivity (Wildman–Crippen MR) is 81.0 cm³/mol. The van der Waals surface area contributed by atoms with Gasteiger partial charge in [0.1, 0.15) is 0 Å². The first kappa shape index (κ1) is 14.2. The molecule has 19 heavy (non-hydrogen) atoms. The molecule has 0 aliphatic heterocycles. The molecule has 0 heterocycles. The second-order valence-corrected chi connectivity index (χ2v) is 6.31. The minimum absolute atomic E-state index is 0.167. The third-order valence-electron chi connectivity index (χ3n) is 3.65. The first-order valence-corrected chi connectivity index (χ1v) is 7.92. The molecular weight excluding hydrogens is 260 g/mol. The van der Waals surface area contributed by atoms with Crippen molar-refractivity contribution in [2.45, 2.75) is 43.9 Å². The van der Waals surface area contributed by atoms with E-state index in [1.807, 2.05) is 24.8 Å². The first-order chi connectivity index (χ1) is 9.08. The molecule has 0 atom stereocenters. The number of nitro groups is 1. The summed E-state index contributed by atoms with van der Waals surface area (Å²) in [5, 5.41) is 15.1. The number of aryl methyl sites for hydroxylation is 1. The van der Waals surface area contributed by atoms with Crippen LogP contribution in [0.2, 0.25) is 0 Å². The number of benzene rings is 1. The van der Waals surface area contributed by atoms with Crippen LogP contribution in [0.5, 0.6) is 0 Å². The van der Waals surface area contributed by atoms with Crippen molar-refractivity contribution in [3.63, 3.8) is 0 Å². The Morgan fingerprint density at radius 1 is 1.26 bits per heavy atom. The summed E-state index contributed by atoms with van der Waals surface area (Å²) in [5.41, 5.74) is 1.97. The SMILES string of the molecule is CSC1CCC(Nc2cc(C)cc([N+](=O)[O-])c2)CC1. The molecule has 0 bridgehead atoms. The Morgan fingerprint density at radius 2 is 1.95 bits per heavy atom. The Morgan fingerprint density at radius 3 is 2.53 bits per heavy atom. The highest BCUT2D eigenvalue weighted by atomic mass is 32.2. The van der Waals surface area contributed by atoms with E-state index in [9.17, 15) is 10.1 Å². The number of thioether (sulfide) groups is 1. The van der Waals surface area contributed by atoms with Crippen molar-refractivity contribution >= 4 is 23.1 Å². The molecule has 0 saturated heterocycles. The van der Waals surface area contributed by atoms with Gasteiger partial charge in [-0.25, -0.2) is 0 Å². The molecule has 1 aromatic rings. The zero-order chi connectivity index (χ0) is 13.8. The molecule has 5 heteroatoms. The highest BCUT2D eigenvalue weighted by Crippen LogP contribution is 2.29. The summed E-state index contributed by atoms with van der Waals surface area (Å²) in [6, 6.07) is 5.67. The largest absolute Gasteiger partial charge is 0.382 e. The maximum atomic E-state index is 10.9. The van der Waals surface area contributed by atoms with E-state index in [0.717, 1.165) is 29.3 Å². The van der Waals surface area contributed by atoms with Gasteiger partial charge in [0.15, 0.2) is 0 Å². The summed E-state index contributed by atoms with van der Waals surface area (Å²) in [4.78, 5) is 10.5. The second-order valence-electron chi connectivity index (χ2n) is 5.17. The lowest BCUT2D eigenvalue weighted by Crippen LogP contribution is -2.27. The lowest BCUT2D eigenvalue weighted by atomic mass is 9.94.